The molecule has 0 saturated heterocycles. The van der Waals surface area contributed by atoms with Crippen molar-refractivity contribution >= 4 is 23.8 Å². The van der Waals surface area contributed by atoms with E-state index >= 15 is 0 Å². The molecular weight excluding hydrogens is 184 g/mol. The molecular formula is C5H8N2O4S. The first-order chi connectivity index (χ1) is 5.57. The minimum Gasteiger partial charge on any atom is -0.480 e. The number of nitrogens with zero attached hydrogens (tertiary/aromatic N) is 1. The Labute approximate surface area is 72.8 Å². The van der Waals surface area contributed by atoms with Crippen molar-refractivity contribution in [1.29, 1.82) is 0 Å². The van der Waals surface area contributed by atoms with Gasteiger partial charge < -0.3 is 10.4 Å². The molecule has 0 radical (unpaired) electrons. The van der Waals surface area contributed by atoms with Gasteiger partial charge in [-0.05, 0) is 0 Å². The lowest BCUT2D eigenvalue weighted by Crippen LogP contribution is -2.41. The van der Waals surface area contributed by atoms with Gasteiger partial charge in [-0.1, -0.05) is 0 Å². The second kappa shape index (κ2) is 5.53. The van der Waals surface area contributed by atoms with Gasteiger partial charge in [0.1, 0.15) is 6.04 Å². The van der Waals surface area contributed by atoms with Crippen molar-refractivity contribution in [1.82, 2.24) is 5.32 Å². The average Bonchev–Trinajstić information content (AvgIpc) is 1.96. The van der Waals surface area contributed by atoms with Crippen LogP contribution in [0.25, 0.3) is 0 Å². The van der Waals surface area contributed by atoms with Crippen molar-refractivity contribution < 1.29 is 14.7 Å². The third-order valence-corrected chi connectivity index (χ3v) is 1.56. The summed E-state index contributed by atoms with van der Waals surface area (Å²) in [5, 5.41) is 10.6. The van der Waals surface area contributed by atoms with Crippen molar-refractivity contribution in [3.63, 3.8) is 0 Å². The van der Waals surface area contributed by atoms with Crippen LogP contribution in [0, 0.1) is 4.91 Å². The van der Waals surface area contributed by atoms with E-state index in [4.69, 9.17) is 5.11 Å². The van der Waals surface area contributed by atoms with Crippen molar-refractivity contribution in [3.05, 3.63) is 4.91 Å². The molecule has 2 N–H and O–H groups in total. The van der Waals surface area contributed by atoms with Crippen LogP contribution in [0.3, 0.4) is 0 Å². The summed E-state index contributed by atoms with van der Waals surface area (Å²) in [5.41, 5.74) is 0. The molecule has 0 fully saturated rings. The molecule has 1 unspecified atom stereocenters. The van der Waals surface area contributed by atoms with E-state index < -0.39 is 17.9 Å². The minimum absolute atomic E-state index is 0.0571. The summed E-state index contributed by atoms with van der Waals surface area (Å²) >= 11 is 0.560. The van der Waals surface area contributed by atoms with E-state index in [1.54, 1.807) is 0 Å². The first-order valence-electron chi connectivity index (χ1n) is 3.02. The Kier molecular flexibility index (Phi) is 5.02. The number of aliphatic carboxylic acids is 1. The van der Waals surface area contributed by atoms with Crippen LogP contribution in [0.5, 0.6) is 0 Å². The number of nitrogens with one attached hydrogen (secondary N) is 1. The zero-order chi connectivity index (χ0) is 9.56. The molecule has 68 valence electrons. The van der Waals surface area contributed by atoms with Crippen LogP contribution in [0.4, 0.5) is 0 Å². The van der Waals surface area contributed by atoms with Gasteiger partial charge in [0, 0.05) is 29.2 Å². The van der Waals surface area contributed by atoms with Gasteiger partial charge in [-0.15, -0.1) is 4.91 Å². The lowest BCUT2D eigenvalue weighted by Gasteiger charge is -2.09. The predicted molar refractivity (Wildman–Crippen MR) is 43.5 cm³/mol. The molecule has 0 heterocycles. The van der Waals surface area contributed by atoms with Crippen molar-refractivity contribution in [2.45, 2.75) is 13.0 Å². The highest BCUT2D eigenvalue weighted by molar-refractivity contribution is 7.97. The predicted octanol–water partition coefficient (Wildman–Crippen LogP) is -0.00970. The maximum atomic E-state index is 10.4. The third kappa shape index (κ3) is 4.67. The highest BCUT2D eigenvalue weighted by Crippen LogP contribution is 2.03. The van der Waals surface area contributed by atoms with Crippen LogP contribution in [0.1, 0.15) is 6.92 Å². The molecule has 0 bridgehead atoms. The van der Waals surface area contributed by atoms with E-state index in [9.17, 15) is 14.5 Å². The zero-order valence-electron chi connectivity index (χ0n) is 6.31. The van der Waals surface area contributed by atoms with Gasteiger partial charge in [0.25, 0.3) is 0 Å². The zero-order valence-corrected chi connectivity index (χ0v) is 7.13. The van der Waals surface area contributed by atoms with E-state index in [0.717, 1.165) is 0 Å². The van der Waals surface area contributed by atoms with E-state index in [1.807, 2.05) is 0 Å². The summed E-state index contributed by atoms with van der Waals surface area (Å²) in [5.74, 6) is -1.69. The topological polar surface area (TPSA) is 95.8 Å². The Morgan fingerprint density at radius 1 is 1.67 bits per heavy atom. The number of hydrogen-bond acceptors (Lipinski definition) is 5. The quantitative estimate of drug-likeness (QED) is 0.471. The monoisotopic (exact) mass is 192 g/mol. The smallest absolute Gasteiger partial charge is 0.327 e. The van der Waals surface area contributed by atoms with Crippen LogP contribution in [-0.2, 0) is 9.59 Å². The normalized spacial score (nSPS) is 11.8. The number of carbonyl (C=O) groups excluding carboxylic acids is 1. The highest BCUT2D eigenvalue weighted by Gasteiger charge is 2.18. The minimum atomic E-state index is -1.18. The molecule has 1 atom stereocenters. The Hall–Kier alpha value is -1.11. The van der Waals surface area contributed by atoms with E-state index in [2.05, 4.69) is 9.90 Å². The molecule has 1 amide bonds. The Morgan fingerprint density at radius 3 is 2.58 bits per heavy atom. The summed E-state index contributed by atoms with van der Waals surface area (Å²) in [4.78, 5) is 30.4. The lowest BCUT2D eigenvalue weighted by molar-refractivity contribution is -0.140. The summed E-state index contributed by atoms with van der Waals surface area (Å²) < 4.78 is 2.42. The molecule has 0 saturated carbocycles. The van der Waals surface area contributed by atoms with Gasteiger partial charge >= 0.3 is 5.97 Å². The van der Waals surface area contributed by atoms with Crippen LogP contribution >= 0.6 is 11.9 Å². The number of carbonyl (C=O) groups is 2. The van der Waals surface area contributed by atoms with Crippen molar-refractivity contribution in [3.8, 4) is 0 Å². The number of amides is 1. The maximum Gasteiger partial charge on any atom is 0.327 e. The second-order valence-corrected chi connectivity index (χ2v) is 2.70. The van der Waals surface area contributed by atoms with Gasteiger partial charge in [0.15, 0.2) is 0 Å². The Bertz CT molecular complexity index is 196. The molecule has 0 aliphatic heterocycles. The van der Waals surface area contributed by atoms with E-state index in [1.165, 1.54) is 6.92 Å². The standard InChI is InChI=1S/C5H8N2O4S/c1-3(8)6-4(5(9)10)2-12-7-11/h4H,2H2,1H3,(H,6,8)(H,9,10). The van der Waals surface area contributed by atoms with Gasteiger partial charge in [-0.25, -0.2) is 4.79 Å². The molecule has 6 nitrogen and oxygen atoms in total. The molecule has 0 aliphatic carbocycles. The molecule has 0 aromatic carbocycles. The summed E-state index contributed by atoms with van der Waals surface area (Å²) in [6.45, 7) is 1.20. The third-order valence-electron chi connectivity index (χ3n) is 0.969. The second-order valence-electron chi connectivity index (χ2n) is 1.96. The molecule has 12 heavy (non-hydrogen) atoms. The lowest BCUT2D eigenvalue weighted by atomic mass is 10.3. The summed E-state index contributed by atoms with van der Waals surface area (Å²) in [6.07, 6.45) is 0. The van der Waals surface area contributed by atoms with Crippen LogP contribution in [-0.4, -0.2) is 28.8 Å². The highest BCUT2D eigenvalue weighted by atomic mass is 32.2. The van der Waals surface area contributed by atoms with Crippen molar-refractivity contribution in [2.75, 3.05) is 5.75 Å². The number of carboxylic acids is 1. The number of hydrogen-bond donors (Lipinski definition) is 2. The van der Waals surface area contributed by atoms with E-state index in [0.29, 0.717) is 11.9 Å². The van der Waals surface area contributed by atoms with Gasteiger partial charge in [-0.3, -0.25) is 4.79 Å². The van der Waals surface area contributed by atoms with E-state index in [-0.39, 0.29) is 5.75 Å². The molecule has 0 aromatic heterocycles. The van der Waals surface area contributed by atoms with Crippen LogP contribution < -0.4 is 5.32 Å². The maximum absolute atomic E-state index is 10.4. The average molecular weight is 192 g/mol. The Morgan fingerprint density at radius 2 is 2.25 bits per heavy atom. The first kappa shape index (κ1) is 10.9. The van der Waals surface area contributed by atoms with Gasteiger partial charge in [0.05, 0.1) is 0 Å². The fraction of sp³-hybridized carbons (Fsp3) is 0.600. The SMILES string of the molecule is CC(=O)NC(CSN=O)C(=O)O. The number of nitroso groups, excluding NO2 is 1. The fourth-order valence-corrected chi connectivity index (χ4v) is 0.961. The van der Waals surface area contributed by atoms with Crippen LogP contribution in [0.2, 0.25) is 0 Å². The molecule has 7 heteroatoms. The summed E-state index contributed by atoms with van der Waals surface area (Å²) in [6, 6.07) is -1.05. The molecule has 0 aliphatic rings. The number of carboxylic acid groups (broad SMARTS) is 1. The largest absolute Gasteiger partial charge is 0.480 e. The van der Waals surface area contributed by atoms with Gasteiger partial charge in [-0.2, -0.15) is 0 Å². The first-order valence-corrected chi connectivity index (χ1v) is 3.96. The summed E-state index contributed by atoms with van der Waals surface area (Å²) in [7, 11) is 0. The molecule has 0 rings (SSSR count). The Balaban J connectivity index is 3.94. The number of rotatable bonds is 5. The molecule has 0 aromatic rings. The van der Waals surface area contributed by atoms with Crippen LogP contribution in [0.15, 0.2) is 4.58 Å². The van der Waals surface area contributed by atoms with Crippen molar-refractivity contribution in [2.24, 2.45) is 4.58 Å². The van der Waals surface area contributed by atoms with Gasteiger partial charge in [0.2, 0.25) is 5.91 Å². The fourth-order valence-electron chi connectivity index (χ4n) is 0.525. The molecule has 0 spiro atoms.